The third-order valence-electron chi connectivity index (χ3n) is 3.18. The Kier molecular flexibility index (Phi) is 4.74. The smallest absolute Gasteiger partial charge is 0.171 e. The molecule has 20 heavy (non-hydrogen) atoms. The van der Waals surface area contributed by atoms with Crippen molar-refractivity contribution in [1.29, 1.82) is 0 Å². The van der Waals surface area contributed by atoms with Gasteiger partial charge in [0.15, 0.2) is 5.11 Å². The van der Waals surface area contributed by atoms with E-state index in [0.717, 1.165) is 12.2 Å². The standard InChI is InChI=1S/C17H20N2S/c1-12-8-13(2)10-16(9-12)19-17(20)18-11-15-7-5-4-6-14(15)3/h4-10H,11H2,1-3H3,(H2,18,19,20). The Hall–Kier alpha value is -1.87. The van der Waals surface area contributed by atoms with E-state index in [2.05, 4.69) is 61.7 Å². The highest BCUT2D eigenvalue weighted by Gasteiger charge is 2.01. The molecule has 2 aromatic carbocycles. The van der Waals surface area contributed by atoms with Crippen LogP contribution in [0.3, 0.4) is 0 Å². The van der Waals surface area contributed by atoms with Crippen molar-refractivity contribution in [3.63, 3.8) is 0 Å². The van der Waals surface area contributed by atoms with Crippen LogP contribution in [-0.2, 0) is 6.54 Å². The number of thiocarbonyl (C=S) groups is 1. The van der Waals surface area contributed by atoms with E-state index in [-0.39, 0.29) is 0 Å². The van der Waals surface area contributed by atoms with Gasteiger partial charge in [0.05, 0.1) is 0 Å². The molecule has 104 valence electrons. The molecule has 0 spiro atoms. The van der Waals surface area contributed by atoms with Gasteiger partial charge >= 0.3 is 0 Å². The number of nitrogens with one attached hydrogen (secondary N) is 2. The van der Waals surface area contributed by atoms with Crippen LogP contribution in [0.5, 0.6) is 0 Å². The topological polar surface area (TPSA) is 24.1 Å². The van der Waals surface area contributed by atoms with E-state index in [9.17, 15) is 0 Å². The van der Waals surface area contributed by atoms with Gasteiger partial charge in [-0.3, -0.25) is 0 Å². The number of rotatable bonds is 3. The Morgan fingerprint density at radius 2 is 1.65 bits per heavy atom. The van der Waals surface area contributed by atoms with Gasteiger partial charge in [-0.05, 0) is 67.4 Å². The van der Waals surface area contributed by atoms with Crippen molar-refractivity contribution >= 4 is 23.0 Å². The molecule has 2 rings (SSSR count). The number of hydrogen-bond acceptors (Lipinski definition) is 1. The van der Waals surface area contributed by atoms with Gasteiger partial charge in [0.25, 0.3) is 0 Å². The first-order valence-electron chi connectivity index (χ1n) is 6.72. The molecule has 2 aromatic rings. The summed E-state index contributed by atoms with van der Waals surface area (Å²) in [5.74, 6) is 0. The molecule has 0 aliphatic carbocycles. The molecule has 0 fully saturated rings. The predicted molar refractivity (Wildman–Crippen MR) is 90.2 cm³/mol. The first-order chi connectivity index (χ1) is 9.54. The summed E-state index contributed by atoms with van der Waals surface area (Å²) < 4.78 is 0. The van der Waals surface area contributed by atoms with Crippen LogP contribution in [0.4, 0.5) is 5.69 Å². The number of hydrogen-bond donors (Lipinski definition) is 2. The van der Waals surface area contributed by atoms with Crippen molar-refractivity contribution in [2.45, 2.75) is 27.3 Å². The van der Waals surface area contributed by atoms with E-state index in [1.54, 1.807) is 0 Å². The zero-order valence-electron chi connectivity index (χ0n) is 12.2. The highest BCUT2D eigenvalue weighted by atomic mass is 32.1. The predicted octanol–water partition coefficient (Wildman–Crippen LogP) is 4.10. The van der Waals surface area contributed by atoms with Gasteiger partial charge in [-0.2, -0.15) is 0 Å². The van der Waals surface area contributed by atoms with Crippen LogP contribution >= 0.6 is 12.2 Å². The van der Waals surface area contributed by atoms with Crippen LogP contribution in [-0.4, -0.2) is 5.11 Å². The molecule has 0 aliphatic heterocycles. The summed E-state index contributed by atoms with van der Waals surface area (Å²) in [6.45, 7) is 7.02. The summed E-state index contributed by atoms with van der Waals surface area (Å²) in [6.07, 6.45) is 0. The molecule has 0 amide bonds. The summed E-state index contributed by atoms with van der Waals surface area (Å²) in [4.78, 5) is 0. The molecule has 0 radical (unpaired) electrons. The molecular weight excluding hydrogens is 264 g/mol. The Morgan fingerprint density at radius 1 is 1.00 bits per heavy atom. The molecule has 0 saturated heterocycles. The third-order valence-corrected chi connectivity index (χ3v) is 3.43. The van der Waals surface area contributed by atoms with Gasteiger partial charge in [-0.1, -0.05) is 30.3 Å². The van der Waals surface area contributed by atoms with Crippen molar-refractivity contribution < 1.29 is 0 Å². The third kappa shape index (κ3) is 4.07. The molecule has 0 heterocycles. The fourth-order valence-electron chi connectivity index (χ4n) is 2.21. The summed E-state index contributed by atoms with van der Waals surface area (Å²) in [6, 6.07) is 14.6. The largest absolute Gasteiger partial charge is 0.358 e. The molecule has 0 saturated carbocycles. The lowest BCUT2D eigenvalue weighted by atomic mass is 10.1. The monoisotopic (exact) mass is 284 g/mol. The van der Waals surface area contributed by atoms with Crippen molar-refractivity contribution in [2.24, 2.45) is 0 Å². The zero-order valence-corrected chi connectivity index (χ0v) is 13.0. The average Bonchev–Trinajstić information content (AvgIpc) is 2.36. The first kappa shape index (κ1) is 14.5. The Labute approximate surface area is 126 Å². The fraction of sp³-hybridized carbons (Fsp3) is 0.235. The second kappa shape index (κ2) is 6.53. The van der Waals surface area contributed by atoms with Gasteiger partial charge in [-0.25, -0.2) is 0 Å². The van der Waals surface area contributed by atoms with Gasteiger partial charge in [0.2, 0.25) is 0 Å². The number of anilines is 1. The van der Waals surface area contributed by atoms with Crippen LogP contribution in [0.15, 0.2) is 42.5 Å². The minimum atomic E-state index is 0.651. The molecule has 0 unspecified atom stereocenters. The average molecular weight is 284 g/mol. The molecule has 2 N–H and O–H groups in total. The lowest BCUT2D eigenvalue weighted by molar-refractivity contribution is 0.915. The van der Waals surface area contributed by atoms with E-state index >= 15 is 0 Å². The Bertz CT molecular complexity index is 600. The lowest BCUT2D eigenvalue weighted by Crippen LogP contribution is -2.28. The van der Waals surface area contributed by atoms with Crippen molar-refractivity contribution in [1.82, 2.24) is 5.32 Å². The molecule has 0 aliphatic rings. The van der Waals surface area contributed by atoms with Crippen LogP contribution in [0.1, 0.15) is 22.3 Å². The molecule has 0 bridgehead atoms. The highest BCUT2D eigenvalue weighted by Crippen LogP contribution is 2.13. The Morgan fingerprint density at radius 3 is 2.30 bits per heavy atom. The van der Waals surface area contributed by atoms with Gasteiger partial charge < -0.3 is 10.6 Å². The van der Waals surface area contributed by atoms with E-state index in [1.165, 1.54) is 22.3 Å². The summed E-state index contributed by atoms with van der Waals surface area (Å²) >= 11 is 5.34. The number of aryl methyl sites for hydroxylation is 3. The van der Waals surface area contributed by atoms with Crippen molar-refractivity contribution in [3.8, 4) is 0 Å². The minimum Gasteiger partial charge on any atom is -0.358 e. The summed E-state index contributed by atoms with van der Waals surface area (Å²) in [5.41, 5.74) is 6.03. The van der Waals surface area contributed by atoms with Crippen molar-refractivity contribution in [3.05, 3.63) is 64.7 Å². The second-order valence-corrected chi connectivity index (χ2v) is 5.52. The highest BCUT2D eigenvalue weighted by molar-refractivity contribution is 7.80. The maximum Gasteiger partial charge on any atom is 0.171 e. The molecule has 0 aromatic heterocycles. The quantitative estimate of drug-likeness (QED) is 0.830. The first-order valence-corrected chi connectivity index (χ1v) is 7.13. The SMILES string of the molecule is Cc1cc(C)cc(NC(=S)NCc2ccccc2C)c1. The maximum atomic E-state index is 5.34. The van der Waals surface area contributed by atoms with Crippen molar-refractivity contribution in [2.75, 3.05) is 5.32 Å². The van der Waals surface area contributed by atoms with Crippen LogP contribution in [0.25, 0.3) is 0 Å². The Balaban J connectivity index is 1.94. The van der Waals surface area contributed by atoms with E-state index < -0.39 is 0 Å². The van der Waals surface area contributed by atoms with Crippen LogP contribution < -0.4 is 10.6 Å². The van der Waals surface area contributed by atoms with Crippen LogP contribution in [0.2, 0.25) is 0 Å². The van der Waals surface area contributed by atoms with Gasteiger partial charge in [-0.15, -0.1) is 0 Å². The molecule has 0 atom stereocenters. The number of benzene rings is 2. The minimum absolute atomic E-state index is 0.651. The van der Waals surface area contributed by atoms with Crippen LogP contribution in [0, 0.1) is 20.8 Å². The van der Waals surface area contributed by atoms with E-state index in [1.807, 2.05) is 12.1 Å². The molecule has 2 nitrogen and oxygen atoms in total. The maximum absolute atomic E-state index is 5.34. The molecule has 3 heteroatoms. The zero-order chi connectivity index (χ0) is 14.5. The van der Waals surface area contributed by atoms with Gasteiger partial charge in [0, 0.05) is 12.2 Å². The summed E-state index contributed by atoms with van der Waals surface area (Å²) in [7, 11) is 0. The fourth-order valence-corrected chi connectivity index (χ4v) is 2.40. The summed E-state index contributed by atoms with van der Waals surface area (Å²) in [5, 5.41) is 7.13. The molecular formula is C17H20N2S. The lowest BCUT2D eigenvalue weighted by Gasteiger charge is -2.13. The second-order valence-electron chi connectivity index (χ2n) is 5.11. The normalized spacial score (nSPS) is 10.2. The van der Waals surface area contributed by atoms with Gasteiger partial charge in [0.1, 0.15) is 0 Å². The van der Waals surface area contributed by atoms with E-state index in [4.69, 9.17) is 12.2 Å². The van der Waals surface area contributed by atoms with E-state index in [0.29, 0.717) is 5.11 Å².